The zero-order valence-electron chi connectivity index (χ0n) is 9.02. The Morgan fingerprint density at radius 1 is 1.61 bits per heavy atom. The van der Waals surface area contributed by atoms with Crippen molar-refractivity contribution in [2.45, 2.75) is 13.3 Å². The van der Waals surface area contributed by atoms with Crippen molar-refractivity contribution >= 4 is 11.7 Å². The summed E-state index contributed by atoms with van der Waals surface area (Å²) in [4.78, 5) is 23.6. The van der Waals surface area contributed by atoms with Gasteiger partial charge in [-0.15, -0.1) is 0 Å². The second kappa shape index (κ2) is 5.43. The molecule has 9 heteroatoms. The summed E-state index contributed by atoms with van der Waals surface area (Å²) in [5.74, 6) is -2.89. The van der Waals surface area contributed by atoms with Crippen LogP contribution in [-0.2, 0) is 4.74 Å². The van der Waals surface area contributed by atoms with Gasteiger partial charge in [0.1, 0.15) is 0 Å². The molecule has 1 heterocycles. The van der Waals surface area contributed by atoms with E-state index in [1.54, 1.807) is 0 Å². The van der Waals surface area contributed by atoms with Gasteiger partial charge in [-0.25, -0.2) is 18.6 Å². The fraction of sp³-hybridized carbons (Fsp3) is 0.333. The Labute approximate surface area is 98.5 Å². The van der Waals surface area contributed by atoms with Gasteiger partial charge in [0, 0.05) is 6.07 Å². The van der Waals surface area contributed by atoms with Crippen molar-refractivity contribution in [3.8, 4) is 0 Å². The highest BCUT2D eigenvalue weighted by Crippen LogP contribution is 2.27. The maximum absolute atomic E-state index is 13.1. The molecule has 0 saturated carbocycles. The topological polar surface area (TPSA) is 82.3 Å². The normalized spacial score (nSPS) is 10.5. The van der Waals surface area contributed by atoms with Gasteiger partial charge in [0.25, 0.3) is 6.43 Å². The Hall–Kier alpha value is -2.19. The molecule has 0 aliphatic rings. The number of carbonyl (C=O) groups is 1. The van der Waals surface area contributed by atoms with Crippen LogP contribution in [0.1, 0.15) is 29.4 Å². The van der Waals surface area contributed by atoms with Crippen molar-refractivity contribution in [1.29, 1.82) is 0 Å². The van der Waals surface area contributed by atoms with Crippen LogP contribution >= 0.6 is 0 Å². The van der Waals surface area contributed by atoms with Crippen LogP contribution in [0.15, 0.2) is 6.07 Å². The predicted molar refractivity (Wildman–Crippen MR) is 51.8 cm³/mol. The smallest absolute Gasteiger partial charge is 0.364 e. The van der Waals surface area contributed by atoms with E-state index >= 15 is 0 Å². The summed E-state index contributed by atoms with van der Waals surface area (Å²) >= 11 is 0. The SMILES string of the molecule is CCOC(=O)c1nc(F)c(C(F)F)cc1[N+](=O)[O-]. The van der Waals surface area contributed by atoms with Crippen LogP contribution in [-0.4, -0.2) is 22.5 Å². The number of rotatable bonds is 4. The Morgan fingerprint density at radius 2 is 2.22 bits per heavy atom. The molecular weight excluding hydrogens is 257 g/mol. The molecule has 6 nitrogen and oxygen atoms in total. The number of esters is 1. The molecule has 1 rings (SSSR count). The highest BCUT2D eigenvalue weighted by atomic mass is 19.3. The number of nitrogens with zero attached hydrogens (tertiary/aromatic N) is 2. The van der Waals surface area contributed by atoms with Crippen LogP contribution in [0, 0.1) is 16.1 Å². The highest BCUT2D eigenvalue weighted by Gasteiger charge is 2.29. The summed E-state index contributed by atoms with van der Waals surface area (Å²) in [7, 11) is 0. The molecule has 0 amide bonds. The number of alkyl halides is 2. The van der Waals surface area contributed by atoms with Crippen LogP contribution in [0.3, 0.4) is 0 Å². The third-order valence-electron chi connectivity index (χ3n) is 1.88. The molecule has 0 radical (unpaired) electrons. The Morgan fingerprint density at radius 3 is 2.67 bits per heavy atom. The number of carbonyl (C=O) groups excluding carboxylic acids is 1. The Bertz CT molecular complexity index is 493. The molecule has 0 aliphatic carbocycles. The molecule has 0 unspecified atom stereocenters. The number of hydrogen-bond donors (Lipinski definition) is 0. The molecule has 0 aromatic carbocycles. The van der Waals surface area contributed by atoms with Crippen molar-refractivity contribution in [2.75, 3.05) is 6.61 Å². The van der Waals surface area contributed by atoms with Crippen molar-refractivity contribution < 1.29 is 27.6 Å². The molecule has 1 aromatic heterocycles. The van der Waals surface area contributed by atoms with Gasteiger partial charge < -0.3 is 4.74 Å². The molecule has 0 N–H and O–H groups in total. The number of aromatic nitrogens is 1. The molecule has 0 atom stereocenters. The average Bonchev–Trinajstić information content (AvgIpc) is 2.27. The van der Waals surface area contributed by atoms with Crippen LogP contribution in [0.4, 0.5) is 18.9 Å². The largest absolute Gasteiger partial charge is 0.461 e. The highest BCUT2D eigenvalue weighted by molar-refractivity contribution is 5.91. The quantitative estimate of drug-likeness (QED) is 0.360. The van der Waals surface area contributed by atoms with Crippen LogP contribution in [0.25, 0.3) is 0 Å². The van der Waals surface area contributed by atoms with Crippen LogP contribution in [0.2, 0.25) is 0 Å². The summed E-state index contributed by atoms with van der Waals surface area (Å²) < 4.78 is 42.2. The number of halogens is 3. The first-order valence-electron chi connectivity index (χ1n) is 4.68. The third kappa shape index (κ3) is 2.73. The molecule has 0 bridgehead atoms. The second-order valence-corrected chi connectivity index (χ2v) is 3.01. The zero-order chi connectivity index (χ0) is 13.9. The van der Waals surface area contributed by atoms with Gasteiger partial charge in [-0.1, -0.05) is 0 Å². The predicted octanol–water partition coefficient (Wildman–Crippen LogP) is 2.24. The lowest BCUT2D eigenvalue weighted by Gasteiger charge is -2.05. The third-order valence-corrected chi connectivity index (χ3v) is 1.88. The van der Waals surface area contributed by atoms with Crippen molar-refractivity contribution in [3.63, 3.8) is 0 Å². The lowest BCUT2D eigenvalue weighted by atomic mass is 10.2. The van der Waals surface area contributed by atoms with E-state index in [4.69, 9.17) is 0 Å². The Kier molecular flexibility index (Phi) is 4.18. The number of nitro groups is 1. The summed E-state index contributed by atoms with van der Waals surface area (Å²) in [5.41, 5.74) is -3.20. The fourth-order valence-corrected chi connectivity index (χ4v) is 1.14. The van der Waals surface area contributed by atoms with E-state index in [1.165, 1.54) is 6.92 Å². The maximum atomic E-state index is 13.1. The van der Waals surface area contributed by atoms with E-state index in [0.29, 0.717) is 0 Å². The zero-order valence-corrected chi connectivity index (χ0v) is 9.02. The fourth-order valence-electron chi connectivity index (χ4n) is 1.14. The minimum absolute atomic E-state index is 0.115. The van der Waals surface area contributed by atoms with Gasteiger partial charge in [0.2, 0.25) is 11.6 Å². The monoisotopic (exact) mass is 264 g/mol. The number of hydrogen-bond acceptors (Lipinski definition) is 5. The standard InChI is InChI=1S/C9H7F3N2O4/c1-2-18-9(15)6-5(14(16)17)3-4(7(10)11)8(12)13-6/h3,7H,2H2,1H3. The summed E-state index contributed by atoms with van der Waals surface area (Å²) in [6, 6.07) is 0.277. The second-order valence-electron chi connectivity index (χ2n) is 3.01. The van der Waals surface area contributed by atoms with Crippen molar-refractivity contribution in [1.82, 2.24) is 4.98 Å². The van der Waals surface area contributed by atoms with E-state index in [2.05, 4.69) is 9.72 Å². The molecule has 98 valence electrons. The van der Waals surface area contributed by atoms with Crippen molar-refractivity contribution in [2.24, 2.45) is 0 Å². The maximum Gasteiger partial charge on any atom is 0.364 e. The van der Waals surface area contributed by atoms with Crippen molar-refractivity contribution in [3.05, 3.63) is 33.4 Å². The first kappa shape index (κ1) is 13.9. The molecule has 0 spiro atoms. The first-order chi connectivity index (χ1) is 8.38. The lowest BCUT2D eigenvalue weighted by Crippen LogP contribution is -2.13. The van der Waals surface area contributed by atoms with Crippen LogP contribution in [0.5, 0.6) is 0 Å². The van der Waals surface area contributed by atoms with E-state index < -0.39 is 40.2 Å². The first-order valence-corrected chi connectivity index (χ1v) is 4.68. The minimum Gasteiger partial charge on any atom is -0.461 e. The molecule has 18 heavy (non-hydrogen) atoms. The summed E-state index contributed by atoms with van der Waals surface area (Å²) in [6.07, 6.45) is -3.27. The van der Waals surface area contributed by atoms with Gasteiger partial charge in [-0.2, -0.15) is 4.39 Å². The van der Waals surface area contributed by atoms with E-state index in [0.717, 1.165) is 0 Å². The number of pyridine rings is 1. The lowest BCUT2D eigenvalue weighted by molar-refractivity contribution is -0.385. The summed E-state index contributed by atoms with van der Waals surface area (Å²) in [6.45, 7) is 1.31. The van der Waals surface area contributed by atoms with Gasteiger partial charge in [-0.05, 0) is 6.92 Å². The molecule has 0 saturated heterocycles. The molecule has 0 aliphatic heterocycles. The Balaban J connectivity index is 3.38. The van der Waals surface area contributed by atoms with E-state index in [9.17, 15) is 28.1 Å². The van der Waals surface area contributed by atoms with E-state index in [1.807, 2.05) is 0 Å². The number of ether oxygens (including phenoxy) is 1. The van der Waals surface area contributed by atoms with Gasteiger partial charge in [0.05, 0.1) is 17.1 Å². The van der Waals surface area contributed by atoms with Crippen LogP contribution < -0.4 is 0 Å². The molecule has 0 fully saturated rings. The average molecular weight is 264 g/mol. The van der Waals surface area contributed by atoms with Gasteiger partial charge in [0.15, 0.2) is 0 Å². The van der Waals surface area contributed by atoms with Gasteiger partial charge >= 0.3 is 11.7 Å². The van der Waals surface area contributed by atoms with Gasteiger partial charge in [-0.3, -0.25) is 10.1 Å². The molecular formula is C9H7F3N2O4. The molecule has 1 aromatic rings. The minimum atomic E-state index is -3.27. The van der Waals surface area contributed by atoms with E-state index in [-0.39, 0.29) is 12.7 Å². The summed E-state index contributed by atoms with van der Waals surface area (Å²) in [5, 5.41) is 10.6.